The number of ether oxygens (including phenoxy) is 1. The molecule has 1 aromatic rings. The maximum Gasteiger partial charge on any atom is 0.323 e. The quantitative estimate of drug-likeness (QED) is 0.808. The van der Waals surface area contributed by atoms with Crippen LogP contribution in [-0.4, -0.2) is 48.3 Å². The van der Waals surface area contributed by atoms with Gasteiger partial charge in [0.15, 0.2) is 0 Å². The van der Waals surface area contributed by atoms with Crippen LogP contribution in [0.1, 0.15) is 19.4 Å². The summed E-state index contributed by atoms with van der Waals surface area (Å²) in [6.07, 6.45) is 0.674. The minimum atomic E-state index is -1.04. The first-order chi connectivity index (χ1) is 9.95. The second-order valence-corrected chi connectivity index (χ2v) is 4.95. The minimum absolute atomic E-state index is 0.202. The van der Waals surface area contributed by atoms with Crippen molar-refractivity contribution in [1.29, 1.82) is 0 Å². The van der Waals surface area contributed by atoms with Gasteiger partial charge in [0.25, 0.3) is 0 Å². The Morgan fingerprint density at radius 1 is 1.33 bits per heavy atom. The van der Waals surface area contributed by atoms with Gasteiger partial charge >= 0.3 is 12.0 Å². The summed E-state index contributed by atoms with van der Waals surface area (Å²) in [6.45, 7) is 3.78. The molecule has 0 spiro atoms. The molecule has 21 heavy (non-hydrogen) atoms. The Labute approximate surface area is 124 Å². The standard InChI is InChI=1S/C15H22N2O4/c1-11(2)17(10-14(18)19)15(20)16-13-7-5-4-6-12(13)8-9-21-3/h4-7,11H,8-10H2,1-3H3,(H,16,20)(H,18,19). The minimum Gasteiger partial charge on any atom is -0.480 e. The molecular formula is C15H22N2O4. The molecule has 6 nitrogen and oxygen atoms in total. The summed E-state index contributed by atoms with van der Waals surface area (Å²) in [4.78, 5) is 24.4. The molecular weight excluding hydrogens is 272 g/mol. The molecule has 0 fully saturated rings. The number of hydrogen-bond acceptors (Lipinski definition) is 3. The monoisotopic (exact) mass is 294 g/mol. The van der Waals surface area contributed by atoms with Gasteiger partial charge in [0.2, 0.25) is 0 Å². The molecule has 0 heterocycles. The van der Waals surface area contributed by atoms with E-state index in [4.69, 9.17) is 9.84 Å². The summed E-state index contributed by atoms with van der Waals surface area (Å²) >= 11 is 0. The van der Waals surface area contributed by atoms with Gasteiger partial charge < -0.3 is 20.1 Å². The second-order valence-electron chi connectivity index (χ2n) is 4.95. The predicted molar refractivity (Wildman–Crippen MR) is 80.5 cm³/mol. The molecule has 1 rings (SSSR count). The lowest BCUT2D eigenvalue weighted by Gasteiger charge is -2.25. The highest BCUT2D eigenvalue weighted by Crippen LogP contribution is 2.17. The van der Waals surface area contributed by atoms with E-state index < -0.39 is 12.0 Å². The molecule has 6 heteroatoms. The van der Waals surface area contributed by atoms with E-state index in [9.17, 15) is 9.59 Å². The van der Waals surface area contributed by atoms with Crippen LogP contribution < -0.4 is 5.32 Å². The van der Waals surface area contributed by atoms with Gasteiger partial charge in [-0.3, -0.25) is 4.79 Å². The van der Waals surface area contributed by atoms with Crippen molar-refractivity contribution in [2.45, 2.75) is 26.3 Å². The van der Waals surface area contributed by atoms with Crippen LogP contribution >= 0.6 is 0 Å². The molecule has 1 aromatic carbocycles. The Kier molecular flexibility index (Phi) is 6.68. The molecule has 0 atom stereocenters. The summed E-state index contributed by atoms with van der Waals surface area (Å²) in [6, 6.07) is 6.79. The average Bonchev–Trinajstić information content (AvgIpc) is 2.43. The van der Waals surface area contributed by atoms with Crippen LogP contribution in [-0.2, 0) is 16.0 Å². The van der Waals surface area contributed by atoms with Crippen molar-refractivity contribution in [3.8, 4) is 0 Å². The van der Waals surface area contributed by atoms with Crippen LogP contribution in [0.3, 0.4) is 0 Å². The van der Waals surface area contributed by atoms with Crippen LogP contribution in [0.15, 0.2) is 24.3 Å². The lowest BCUT2D eigenvalue weighted by Crippen LogP contribution is -2.43. The molecule has 2 amide bonds. The number of nitrogens with zero attached hydrogens (tertiary/aromatic N) is 1. The zero-order valence-electron chi connectivity index (χ0n) is 12.6. The number of urea groups is 1. The van der Waals surface area contributed by atoms with Gasteiger partial charge in [-0.2, -0.15) is 0 Å². The topological polar surface area (TPSA) is 78.9 Å². The number of carboxylic acids is 1. The fourth-order valence-electron chi connectivity index (χ4n) is 1.89. The summed E-state index contributed by atoms with van der Waals surface area (Å²) in [7, 11) is 1.62. The molecule has 0 unspecified atom stereocenters. The van der Waals surface area contributed by atoms with Crippen molar-refractivity contribution in [2.24, 2.45) is 0 Å². The van der Waals surface area contributed by atoms with E-state index >= 15 is 0 Å². The summed E-state index contributed by atoms with van der Waals surface area (Å²) in [5, 5.41) is 11.7. The number of carbonyl (C=O) groups excluding carboxylic acids is 1. The fourth-order valence-corrected chi connectivity index (χ4v) is 1.89. The third-order valence-electron chi connectivity index (χ3n) is 3.02. The van der Waals surface area contributed by atoms with E-state index in [1.807, 2.05) is 18.2 Å². The molecule has 0 saturated heterocycles. The third-order valence-corrected chi connectivity index (χ3v) is 3.02. The van der Waals surface area contributed by atoms with E-state index in [0.29, 0.717) is 18.7 Å². The first-order valence-electron chi connectivity index (χ1n) is 6.82. The fraction of sp³-hybridized carbons (Fsp3) is 0.467. The Morgan fingerprint density at radius 2 is 2.00 bits per heavy atom. The van der Waals surface area contributed by atoms with Crippen LogP contribution in [0.4, 0.5) is 10.5 Å². The molecule has 0 saturated carbocycles. The molecule has 0 aromatic heterocycles. The van der Waals surface area contributed by atoms with E-state index in [1.165, 1.54) is 4.90 Å². The molecule has 0 aliphatic heterocycles. The highest BCUT2D eigenvalue weighted by Gasteiger charge is 2.20. The molecule has 0 bridgehead atoms. The van der Waals surface area contributed by atoms with Gasteiger partial charge in [-0.15, -0.1) is 0 Å². The van der Waals surface area contributed by atoms with E-state index in [1.54, 1.807) is 27.0 Å². The summed E-state index contributed by atoms with van der Waals surface area (Å²) < 4.78 is 5.04. The van der Waals surface area contributed by atoms with Gasteiger partial charge in [-0.25, -0.2) is 4.79 Å². The SMILES string of the molecule is COCCc1ccccc1NC(=O)N(CC(=O)O)C(C)C. The summed E-state index contributed by atoms with van der Waals surface area (Å²) in [5.41, 5.74) is 1.63. The Bertz CT molecular complexity index is 488. The zero-order chi connectivity index (χ0) is 15.8. The third kappa shape index (κ3) is 5.43. The average molecular weight is 294 g/mol. The molecule has 0 aliphatic carbocycles. The number of nitrogens with one attached hydrogen (secondary N) is 1. The van der Waals surface area contributed by atoms with Crippen molar-refractivity contribution in [3.63, 3.8) is 0 Å². The number of hydrogen-bond donors (Lipinski definition) is 2. The van der Waals surface area contributed by atoms with E-state index in [0.717, 1.165) is 5.56 Å². The molecule has 0 radical (unpaired) electrons. The predicted octanol–water partition coefficient (Wildman–Crippen LogP) is 2.20. The molecule has 116 valence electrons. The maximum absolute atomic E-state index is 12.2. The highest BCUT2D eigenvalue weighted by atomic mass is 16.5. The number of aliphatic carboxylic acids is 1. The Morgan fingerprint density at radius 3 is 2.57 bits per heavy atom. The second kappa shape index (κ2) is 8.26. The van der Waals surface area contributed by atoms with Crippen molar-refractivity contribution in [1.82, 2.24) is 4.90 Å². The number of benzene rings is 1. The lowest BCUT2D eigenvalue weighted by molar-refractivity contribution is -0.137. The number of amides is 2. The molecule has 2 N–H and O–H groups in total. The van der Waals surface area contributed by atoms with Gasteiger partial charge in [0.1, 0.15) is 6.54 Å². The molecule has 0 aliphatic rings. The van der Waals surface area contributed by atoms with Crippen molar-refractivity contribution in [2.75, 3.05) is 25.6 Å². The van der Waals surface area contributed by atoms with Crippen LogP contribution in [0.5, 0.6) is 0 Å². The van der Waals surface area contributed by atoms with Crippen molar-refractivity contribution < 1.29 is 19.4 Å². The van der Waals surface area contributed by atoms with Crippen LogP contribution in [0.25, 0.3) is 0 Å². The van der Waals surface area contributed by atoms with Gasteiger partial charge in [-0.1, -0.05) is 18.2 Å². The lowest BCUT2D eigenvalue weighted by atomic mass is 10.1. The van der Waals surface area contributed by atoms with E-state index in [2.05, 4.69) is 5.32 Å². The number of carboxylic acid groups (broad SMARTS) is 1. The summed E-state index contributed by atoms with van der Waals surface area (Å²) in [5.74, 6) is -1.04. The van der Waals surface area contributed by atoms with Crippen molar-refractivity contribution >= 4 is 17.7 Å². The Balaban J connectivity index is 2.83. The number of rotatable bonds is 7. The number of methoxy groups -OCH3 is 1. The largest absolute Gasteiger partial charge is 0.480 e. The van der Waals surface area contributed by atoms with Crippen LogP contribution in [0.2, 0.25) is 0 Å². The van der Waals surface area contributed by atoms with Crippen molar-refractivity contribution in [3.05, 3.63) is 29.8 Å². The number of carbonyl (C=O) groups is 2. The zero-order valence-corrected chi connectivity index (χ0v) is 12.6. The first-order valence-corrected chi connectivity index (χ1v) is 6.82. The van der Waals surface area contributed by atoms with Gasteiger partial charge in [0, 0.05) is 18.8 Å². The highest BCUT2D eigenvalue weighted by molar-refractivity contribution is 5.92. The first kappa shape index (κ1) is 17.0. The van der Waals surface area contributed by atoms with Gasteiger partial charge in [0.05, 0.1) is 6.61 Å². The maximum atomic E-state index is 12.2. The van der Waals surface area contributed by atoms with Gasteiger partial charge in [-0.05, 0) is 31.9 Å². The van der Waals surface area contributed by atoms with E-state index in [-0.39, 0.29) is 12.6 Å². The number of anilines is 1. The Hall–Kier alpha value is -2.08. The number of para-hydroxylation sites is 1. The normalized spacial score (nSPS) is 10.5. The smallest absolute Gasteiger partial charge is 0.323 e. The van der Waals surface area contributed by atoms with Crippen LogP contribution in [0, 0.1) is 0 Å².